The number of cyclic esters (lactones) is 1. The molecule has 7 atom stereocenters. The fourth-order valence-electron chi connectivity index (χ4n) is 6.91. The lowest BCUT2D eigenvalue weighted by Crippen LogP contribution is -2.78. The molecule has 4 saturated heterocycles. The first-order chi connectivity index (χ1) is 13.5. The summed E-state index contributed by atoms with van der Waals surface area (Å²) in [4.78, 5) is 38.9. The lowest BCUT2D eigenvalue weighted by Gasteiger charge is -2.68. The quantitative estimate of drug-likeness (QED) is 0.595. The van der Waals surface area contributed by atoms with Crippen molar-refractivity contribution in [3.63, 3.8) is 0 Å². The Bertz CT molecular complexity index is 892. The van der Waals surface area contributed by atoms with Gasteiger partial charge in [-0.05, 0) is 31.2 Å². The summed E-state index contributed by atoms with van der Waals surface area (Å²) in [6, 6.07) is 1.72. The molecule has 5 heterocycles. The van der Waals surface area contributed by atoms with Gasteiger partial charge < -0.3 is 23.7 Å². The van der Waals surface area contributed by atoms with Crippen LogP contribution in [-0.2, 0) is 28.6 Å². The molecular formula is C20H20O8. The Labute approximate surface area is 160 Å². The molecular weight excluding hydrogens is 368 g/mol. The predicted molar refractivity (Wildman–Crippen MR) is 88.3 cm³/mol. The monoisotopic (exact) mass is 388 g/mol. The van der Waals surface area contributed by atoms with Crippen LogP contribution in [0.4, 0.5) is 0 Å². The molecule has 6 fully saturated rings. The minimum Gasteiger partial charge on any atom is -0.472 e. The van der Waals surface area contributed by atoms with Gasteiger partial charge in [0.2, 0.25) is 5.60 Å². The van der Waals surface area contributed by atoms with Crippen molar-refractivity contribution in [2.24, 2.45) is 22.7 Å². The zero-order valence-corrected chi connectivity index (χ0v) is 15.1. The summed E-state index contributed by atoms with van der Waals surface area (Å²) in [5, 5.41) is 10.7. The molecule has 0 aromatic carbocycles. The zero-order valence-electron chi connectivity index (χ0n) is 15.1. The highest BCUT2D eigenvalue weighted by molar-refractivity contribution is 5.94. The van der Waals surface area contributed by atoms with Gasteiger partial charge in [-0.25, -0.2) is 4.79 Å². The number of esters is 3. The van der Waals surface area contributed by atoms with Gasteiger partial charge in [-0.15, -0.1) is 0 Å². The third-order valence-electron chi connectivity index (χ3n) is 8.14. The van der Waals surface area contributed by atoms with E-state index in [1.165, 1.54) is 12.5 Å². The third-order valence-corrected chi connectivity index (χ3v) is 8.14. The average molecular weight is 388 g/mol. The minimum absolute atomic E-state index is 0.251. The van der Waals surface area contributed by atoms with Crippen molar-refractivity contribution < 1.29 is 38.1 Å². The van der Waals surface area contributed by atoms with E-state index in [0.717, 1.165) is 0 Å². The van der Waals surface area contributed by atoms with E-state index >= 15 is 0 Å². The molecule has 7 rings (SSSR count). The second kappa shape index (κ2) is 4.97. The Kier molecular flexibility index (Phi) is 2.95. The first-order valence-electron chi connectivity index (χ1n) is 9.75. The molecule has 6 aliphatic rings. The number of carbonyl (C=O) groups is 3. The second-order valence-corrected chi connectivity index (χ2v) is 8.86. The minimum atomic E-state index is -1.51. The number of fused-ring (bicyclic) bond motifs is 4. The summed E-state index contributed by atoms with van der Waals surface area (Å²) in [5.74, 6) is -2.45. The fraction of sp³-hybridized carbons (Fsp3) is 0.650. The molecule has 0 unspecified atom stereocenters. The maximum Gasteiger partial charge on any atom is 0.351 e. The van der Waals surface area contributed by atoms with Gasteiger partial charge in [0.05, 0.1) is 35.9 Å². The predicted octanol–water partition coefficient (Wildman–Crippen LogP) is 1.27. The summed E-state index contributed by atoms with van der Waals surface area (Å²) >= 11 is 0. The molecule has 28 heavy (non-hydrogen) atoms. The summed E-state index contributed by atoms with van der Waals surface area (Å²) < 4.78 is 22.1. The average Bonchev–Trinajstić information content (AvgIpc) is 3.32. The maximum absolute atomic E-state index is 13.2. The largest absolute Gasteiger partial charge is 0.472 e. The van der Waals surface area contributed by atoms with Crippen LogP contribution in [0.3, 0.4) is 0 Å². The van der Waals surface area contributed by atoms with E-state index in [1.807, 2.05) is 0 Å². The summed E-state index contributed by atoms with van der Waals surface area (Å²) in [7, 11) is 0. The summed E-state index contributed by atoms with van der Waals surface area (Å²) in [5.41, 5.74) is -2.86. The van der Waals surface area contributed by atoms with Crippen molar-refractivity contribution in [2.45, 2.75) is 49.9 Å². The Morgan fingerprint density at radius 1 is 1.11 bits per heavy atom. The van der Waals surface area contributed by atoms with Gasteiger partial charge in [-0.2, -0.15) is 0 Å². The second-order valence-electron chi connectivity index (χ2n) is 8.86. The van der Waals surface area contributed by atoms with Crippen molar-refractivity contribution in [2.75, 3.05) is 6.61 Å². The molecule has 148 valence electrons. The highest BCUT2D eigenvalue weighted by Gasteiger charge is 2.82. The number of aliphatic hydroxyl groups is 1. The Morgan fingerprint density at radius 3 is 2.68 bits per heavy atom. The first kappa shape index (κ1) is 16.6. The lowest BCUT2D eigenvalue weighted by molar-refractivity contribution is -0.309. The molecule has 2 spiro atoms. The molecule has 0 radical (unpaired) electrons. The highest BCUT2D eigenvalue weighted by atomic mass is 16.6. The van der Waals surface area contributed by atoms with Gasteiger partial charge in [-0.3, -0.25) is 9.59 Å². The fourth-order valence-corrected chi connectivity index (χ4v) is 6.91. The number of aliphatic hydroxyl groups excluding tert-OH is 1. The lowest BCUT2D eigenvalue weighted by atomic mass is 9.39. The normalized spacial score (nSPS) is 48.4. The van der Waals surface area contributed by atoms with Crippen LogP contribution < -0.4 is 0 Å². The van der Waals surface area contributed by atoms with E-state index in [4.69, 9.17) is 18.6 Å². The first-order valence-corrected chi connectivity index (χ1v) is 9.75. The Morgan fingerprint density at radius 2 is 1.96 bits per heavy atom. The van der Waals surface area contributed by atoms with Crippen LogP contribution in [0.5, 0.6) is 0 Å². The van der Waals surface area contributed by atoms with Gasteiger partial charge in [0, 0.05) is 18.4 Å². The number of hydrogen-bond acceptors (Lipinski definition) is 8. The zero-order chi connectivity index (χ0) is 19.3. The van der Waals surface area contributed by atoms with Crippen LogP contribution in [0, 0.1) is 22.7 Å². The third kappa shape index (κ3) is 1.58. The number of furan rings is 1. The van der Waals surface area contributed by atoms with Crippen molar-refractivity contribution in [1.29, 1.82) is 0 Å². The maximum atomic E-state index is 13.2. The summed E-state index contributed by atoms with van der Waals surface area (Å²) in [6.07, 6.45) is 4.00. The number of ether oxygens (including phenoxy) is 3. The van der Waals surface area contributed by atoms with E-state index in [0.29, 0.717) is 31.2 Å². The van der Waals surface area contributed by atoms with Crippen LogP contribution in [0.2, 0.25) is 0 Å². The van der Waals surface area contributed by atoms with Crippen LogP contribution in [0.1, 0.15) is 43.8 Å². The van der Waals surface area contributed by atoms with E-state index in [9.17, 15) is 19.5 Å². The molecule has 8 heteroatoms. The van der Waals surface area contributed by atoms with Gasteiger partial charge in [0.15, 0.2) is 0 Å². The van der Waals surface area contributed by atoms with Gasteiger partial charge in [0.1, 0.15) is 12.2 Å². The highest BCUT2D eigenvalue weighted by Crippen LogP contribution is 2.73. The number of carbonyl (C=O) groups excluding carboxylic acids is 3. The van der Waals surface area contributed by atoms with Crippen LogP contribution in [0.15, 0.2) is 23.0 Å². The summed E-state index contributed by atoms with van der Waals surface area (Å²) in [6.45, 7) is -0.330. The van der Waals surface area contributed by atoms with Crippen LogP contribution in [0.25, 0.3) is 0 Å². The van der Waals surface area contributed by atoms with Gasteiger partial charge in [-0.1, -0.05) is 0 Å². The molecule has 8 nitrogen and oxygen atoms in total. The van der Waals surface area contributed by atoms with Crippen molar-refractivity contribution in [3.8, 4) is 0 Å². The van der Waals surface area contributed by atoms with Gasteiger partial charge >= 0.3 is 17.9 Å². The molecule has 4 bridgehead atoms. The smallest absolute Gasteiger partial charge is 0.351 e. The van der Waals surface area contributed by atoms with Crippen molar-refractivity contribution >= 4 is 17.9 Å². The molecule has 4 aliphatic heterocycles. The van der Waals surface area contributed by atoms with Crippen molar-refractivity contribution in [3.05, 3.63) is 24.2 Å². The van der Waals surface area contributed by atoms with E-state index in [-0.39, 0.29) is 31.0 Å². The van der Waals surface area contributed by atoms with Crippen molar-refractivity contribution in [1.82, 2.24) is 0 Å². The van der Waals surface area contributed by atoms with Crippen LogP contribution >= 0.6 is 0 Å². The SMILES string of the molecule is O=C1O[C@@H]2C[C@H]1[C@]13CC[C@@]4(OC1=O)C(=O)O[C@H](c1ccoc1)C[C@@]4(CO)[C@@H]3C2. The Balaban J connectivity index is 1.54. The topological polar surface area (TPSA) is 112 Å². The van der Waals surface area contributed by atoms with Crippen LogP contribution in [-0.4, -0.2) is 41.3 Å². The molecule has 1 aromatic heterocycles. The molecule has 1 aromatic rings. The molecule has 2 saturated carbocycles. The molecule has 0 amide bonds. The van der Waals surface area contributed by atoms with E-state index in [1.54, 1.807) is 6.07 Å². The standard InChI is InChI=1S/C20H20O8/c21-9-18-7-13(10-1-4-25-8-10)27-17(24)20(18)3-2-19(16(23)28-20)12-5-11(6-14(18)19)26-15(12)22/h1,4,8,11-14,21H,2-3,5-7,9H2/t11-,12-,13+,14+,18-,19+,20-/m1/s1. The van der Waals surface area contributed by atoms with E-state index in [2.05, 4.69) is 0 Å². The number of hydrogen-bond donors (Lipinski definition) is 1. The number of rotatable bonds is 2. The Hall–Kier alpha value is -2.35. The van der Waals surface area contributed by atoms with Gasteiger partial charge in [0.25, 0.3) is 0 Å². The van der Waals surface area contributed by atoms with E-state index < -0.39 is 40.4 Å². The molecule has 1 N–H and O–H groups in total. The molecule has 2 aliphatic carbocycles.